The van der Waals surface area contributed by atoms with E-state index in [1.165, 1.54) is 5.56 Å². The van der Waals surface area contributed by atoms with Gasteiger partial charge in [-0.1, -0.05) is 26.0 Å². The number of hydrogen-bond donors (Lipinski definition) is 1. The molecule has 0 aliphatic heterocycles. The van der Waals surface area contributed by atoms with Crippen molar-refractivity contribution in [2.75, 3.05) is 20.3 Å². The van der Waals surface area contributed by atoms with E-state index in [4.69, 9.17) is 9.47 Å². The van der Waals surface area contributed by atoms with Gasteiger partial charge in [-0.3, -0.25) is 4.79 Å². The molecule has 0 aliphatic carbocycles. The fourth-order valence-electron chi connectivity index (χ4n) is 1.88. The van der Waals surface area contributed by atoms with E-state index < -0.39 is 0 Å². The highest BCUT2D eigenvalue weighted by atomic mass is 16.5. The zero-order valence-corrected chi connectivity index (χ0v) is 12.8. The molecule has 0 fully saturated rings. The highest BCUT2D eigenvalue weighted by Crippen LogP contribution is 2.20. The molecule has 1 N–H and O–H groups in total. The molecule has 20 heavy (non-hydrogen) atoms. The molecule has 0 aromatic heterocycles. The number of likely N-dealkylation sites (N-methyl/N-ethyl adjacent to an activating group) is 1. The quantitative estimate of drug-likeness (QED) is 0.743. The summed E-state index contributed by atoms with van der Waals surface area (Å²) in [5.41, 5.74) is 1.25. The van der Waals surface area contributed by atoms with E-state index in [2.05, 4.69) is 25.2 Å². The summed E-state index contributed by atoms with van der Waals surface area (Å²) in [4.78, 5) is 11.6. The molecule has 0 saturated heterocycles. The Kier molecular flexibility index (Phi) is 7.09. The molecule has 4 heteroatoms. The van der Waals surface area contributed by atoms with Crippen LogP contribution in [0.3, 0.4) is 0 Å². The minimum atomic E-state index is -0.316. The predicted molar refractivity (Wildman–Crippen MR) is 80.1 cm³/mol. The summed E-state index contributed by atoms with van der Waals surface area (Å²) in [5.74, 6) is 1.09. The van der Waals surface area contributed by atoms with Gasteiger partial charge in [-0.2, -0.15) is 0 Å². The number of benzene rings is 1. The Morgan fingerprint density at radius 3 is 2.70 bits per heavy atom. The molecule has 0 heterocycles. The van der Waals surface area contributed by atoms with Crippen molar-refractivity contribution in [3.05, 3.63) is 29.8 Å². The molecule has 1 aromatic carbocycles. The maximum absolute atomic E-state index is 11.6. The predicted octanol–water partition coefficient (Wildman–Crippen LogP) is 2.73. The first kappa shape index (κ1) is 16.5. The molecule has 112 valence electrons. The average Bonchev–Trinajstić information content (AvgIpc) is 2.44. The number of hydrogen-bond acceptors (Lipinski definition) is 4. The molecule has 0 bridgehead atoms. The van der Waals surface area contributed by atoms with Crippen LogP contribution in [0.25, 0.3) is 0 Å². The molecular formula is C16H25NO3. The minimum Gasteiger partial charge on any atom is -0.494 e. The Morgan fingerprint density at radius 2 is 2.10 bits per heavy atom. The van der Waals surface area contributed by atoms with E-state index in [9.17, 15) is 4.79 Å². The summed E-state index contributed by atoms with van der Waals surface area (Å²) in [6.45, 7) is 6.98. The third-order valence-corrected chi connectivity index (χ3v) is 3.12. The molecule has 1 atom stereocenters. The van der Waals surface area contributed by atoms with Crippen LogP contribution in [0.5, 0.6) is 5.75 Å². The van der Waals surface area contributed by atoms with Gasteiger partial charge in [0.2, 0.25) is 0 Å². The van der Waals surface area contributed by atoms with Gasteiger partial charge in [-0.15, -0.1) is 0 Å². The van der Waals surface area contributed by atoms with Crippen molar-refractivity contribution in [1.29, 1.82) is 0 Å². The zero-order chi connectivity index (χ0) is 15.0. The van der Waals surface area contributed by atoms with Crippen molar-refractivity contribution in [3.63, 3.8) is 0 Å². The van der Waals surface area contributed by atoms with Gasteiger partial charge in [0.05, 0.1) is 13.2 Å². The Balaban J connectivity index is 2.46. The van der Waals surface area contributed by atoms with Crippen LogP contribution in [0.1, 0.15) is 38.7 Å². The van der Waals surface area contributed by atoms with Gasteiger partial charge in [0, 0.05) is 6.42 Å². The van der Waals surface area contributed by atoms with Crippen LogP contribution in [0, 0.1) is 0 Å². The summed E-state index contributed by atoms with van der Waals surface area (Å²) in [6, 6.07) is 7.75. The number of nitrogens with one attached hydrogen (secondary N) is 1. The third kappa shape index (κ3) is 5.21. The van der Waals surface area contributed by atoms with Gasteiger partial charge in [-0.05, 0) is 37.6 Å². The van der Waals surface area contributed by atoms with Crippen LogP contribution in [0.15, 0.2) is 24.3 Å². The molecule has 4 nitrogen and oxygen atoms in total. The fraction of sp³-hybridized carbons (Fsp3) is 0.562. The van der Waals surface area contributed by atoms with E-state index >= 15 is 0 Å². The zero-order valence-electron chi connectivity index (χ0n) is 12.8. The largest absolute Gasteiger partial charge is 0.494 e. The molecule has 0 spiro atoms. The molecular weight excluding hydrogens is 254 g/mol. The first-order valence-electron chi connectivity index (χ1n) is 7.15. The lowest BCUT2D eigenvalue weighted by molar-refractivity contribution is -0.145. The minimum absolute atomic E-state index is 0.227. The first-order valence-corrected chi connectivity index (χ1v) is 7.15. The third-order valence-electron chi connectivity index (χ3n) is 3.12. The van der Waals surface area contributed by atoms with Gasteiger partial charge < -0.3 is 14.8 Å². The van der Waals surface area contributed by atoms with Crippen molar-refractivity contribution in [3.8, 4) is 5.75 Å². The topological polar surface area (TPSA) is 47.6 Å². The van der Waals surface area contributed by atoms with Crippen molar-refractivity contribution in [2.24, 2.45) is 0 Å². The Bertz CT molecular complexity index is 418. The van der Waals surface area contributed by atoms with Gasteiger partial charge in [0.15, 0.2) is 0 Å². The highest BCUT2D eigenvalue weighted by Gasteiger charge is 2.17. The second-order valence-corrected chi connectivity index (χ2v) is 4.96. The smallest absolute Gasteiger partial charge is 0.323 e. The van der Waals surface area contributed by atoms with E-state index in [0.717, 1.165) is 5.75 Å². The number of ether oxygens (including phenoxy) is 2. The molecule has 0 radical (unpaired) electrons. The average molecular weight is 279 g/mol. The van der Waals surface area contributed by atoms with Crippen molar-refractivity contribution >= 4 is 5.97 Å². The molecule has 0 amide bonds. The van der Waals surface area contributed by atoms with Crippen LogP contribution >= 0.6 is 0 Å². The summed E-state index contributed by atoms with van der Waals surface area (Å²) in [5, 5.41) is 2.95. The number of carbonyl (C=O) groups is 1. The second-order valence-electron chi connectivity index (χ2n) is 4.96. The van der Waals surface area contributed by atoms with Crippen LogP contribution in [-0.4, -0.2) is 32.3 Å². The summed E-state index contributed by atoms with van der Waals surface area (Å²) in [6.07, 6.45) is 0.585. The lowest BCUT2D eigenvalue weighted by Crippen LogP contribution is -2.36. The van der Waals surface area contributed by atoms with Crippen LogP contribution < -0.4 is 10.1 Å². The fourth-order valence-corrected chi connectivity index (χ4v) is 1.88. The molecule has 0 aliphatic rings. The van der Waals surface area contributed by atoms with E-state index in [1.54, 1.807) is 14.0 Å². The van der Waals surface area contributed by atoms with E-state index in [-0.39, 0.29) is 12.0 Å². The summed E-state index contributed by atoms with van der Waals surface area (Å²) in [7, 11) is 1.75. The monoisotopic (exact) mass is 279 g/mol. The molecule has 1 unspecified atom stereocenters. The summed E-state index contributed by atoms with van der Waals surface area (Å²) >= 11 is 0. The lowest BCUT2D eigenvalue weighted by atomic mass is 10.0. The van der Waals surface area contributed by atoms with Crippen LogP contribution in [0.4, 0.5) is 0 Å². The van der Waals surface area contributed by atoms with Crippen molar-refractivity contribution in [2.45, 2.75) is 39.2 Å². The van der Waals surface area contributed by atoms with Gasteiger partial charge in [-0.25, -0.2) is 0 Å². The SMILES string of the molecule is CCOC(=O)C(CCOc1cccc(C(C)C)c1)NC. The van der Waals surface area contributed by atoms with Crippen LogP contribution in [-0.2, 0) is 9.53 Å². The molecule has 1 rings (SSSR count). The normalized spacial score (nSPS) is 12.2. The summed E-state index contributed by atoms with van der Waals surface area (Å²) < 4.78 is 10.7. The standard InChI is InChI=1S/C16H25NO3/c1-5-19-16(18)15(17-4)9-10-20-14-8-6-7-13(11-14)12(2)3/h6-8,11-12,15,17H,5,9-10H2,1-4H3. The number of carbonyl (C=O) groups excluding carboxylic acids is 1. The lowest BCUT2D eigenvalue weighted by Gasteiger charge is -2.15. The maximum atomic E-state index is 11.6. The second kappa shape index (κ2) is 8.59. The van der Waals surface area contributed by atoms with Crippen LogP contribution in [0.2, 0.25) is 0 Å². The number of rotatable bonds is 8. The highest BCUT2D eigenvalue weighted by molar-refractivity contribution is 5.75. The Hall–Kier alpha value is -1.55. The van der Waals surface area contributed by atoms with E-state index in [1.807, 2.05) is 18.2 Å². The maximum Gasteiger partial charge on any atom is 0.323 e. The van der Waals surface area contributed by atoms with Crippen molar-refractivity contribution in [1.82, 2.24) is 5.32 Å². The molecule has 0 saturated carbocycles. The Labute approximate surface area is 121 Å². The van der Waals surface area contributed by atoms with Crippen molar-refractivity contribution < 1.29 is 14.3 Å². The van der Waals surface area contributed by atoms with E-state index in [0.29, 0.717) is 25.6 Å². The van der Waals surface area contributed by atoms with Gasteiger partial charge in [0.25, 0.3) is 0 Å². The number of esters is 1. The van der Waals surface area contributed by atoms with Gasteiger partial charge in [0.1, 0.15) is 11.8 Å². The van der Waals surface area contributed by atoms with Gasteiger partial charge >= 0.3 is 5.97 Å². The Morgan fingerprint density at radius 1 is 1.35 bits per heavy atom. The first-order chi connectivity index (χ1) is 9.58. The molecule has 1 aromatic rings.